The molecular weight excluding hydrogens is 304 g/mol. The van der Waals surface area contributed by atoms with Crippen LogP contribution in [-0.2, 0) is 11.8 Å². The number of fused-ring (bicyclic) bond motifs is 1. The number of rotatable bonds is 4. The molecule has 1 aromatic carbocycles. The van der Waals surface area contributed by atoms with Crippen LogP contribution in [0.25, 0.3) is 0 Å². The molecule has 0 fully saturated rings. The molecule has 0 spiro atoms. The molecule has 24 heavy (non-hydrogen) atoms. The summed E-state index contributed by atoms with van der Waals surface area (Å²) in [7, 11) is 3.81. The monoisotopic (exact) mass is 326 g/mol. The van der Waals surface area contributed by atoms with Gasteiger partial charge in [0.2, 0.25) is 5.91 Å². The molecule has 6 heteroatoms. The third-order valence-corrected chi connectivity index (χ3v) is 4.35. The fourth-order valence-corrected chi connectivity index (χ4v) is 3.05. The summed E-state index contributed by atoms with van der Waals surface area (Å²) in [6.45, 7) is 1.59. The van der Waals surface area contributed by atoms with Crippen molar-refractivity contribution in [2.45, 2.75) is 19.3 Å². The van der Waals surface area contributed by atoms with Gasteiger partial charge in [0.15, 0.2) is 5.78 Å². The van der Waals surface area contributed by atoms with Gasteiger partial charge < -0.3 is 9.80 Å². The predicted molar refractivity (Wildman–Crippen MR) is 93.5 cm³/mol. The van der Waals surface area contributed by atoms with Crippen LogP contribution in [0.15, 0.2) is 36.7 Å². The lowest BCUT2D eigenvalue weighted by Gasteiger charge is -2.24. The van der Waals surface area contributed by atoms with Crippen LogP contribution < -0.4 is 9.80 Å². The molecule has 3 rings (SSSR count). The number of para-hydroxylation sites is 2. The van der Waals surface area contributed by atoms with Gasteiger partial charge in [0.25, 0.3) is 0 Å². The Labute approximate surface area is 141 Å². The number of anilines is 2. The van der Waals surface area contributed by atoms with Crippen LogP contribution in [0.3, 0.4) is 0 Å². The number of aryl methyl sites for hydroxylation is 1. The third kappa shape index (κ3) is 3.32. The maximum atomic E-state index is 12.7. The summed E-state index contributed by atoms with van der Waals surface area (Å²) in [4.78, 5) is 28.9. The van der Waals surface area contributed by atoms with Gasteiger partial charge in [0.05, 0.1) is 23.1 Å². The van der Waals surface area contributed by atoms with Crippen LogP contribution in [0.4, 0.5) is 11.4 Å². The minimum atomic E-state index is -0.0447. The number of amides is 1. The molecule has 0 aliphatic carbocycles. The Kier molecular flexibility index (Phi) is 4.64. The van der Waals surface area contributed by atoms with Crippen molar-refractivity contribution in [3.05, 3.63) is 42.2 Å². The smallest absolute Gasteiger partial charge is 0.227 e. The topological polar surface area (TPSA) is 58.4 Å². The highest BCUT2D eigenvalue weighted by Gasteiger charge is 2.23. The first-order valence-electron chi connectivity index (χ1n) is 8.18. The molecule has 126 valence electrons. The van der Waals surface area contributed by atoms with Crippen molar-refractivity contribution in [3.8, 4) is 0 Å². The summed E-state index contributed by atoms with van der Waals surface area (Å²) in [5.74, 6) is -0.0494. The largest absolute Gasteiger partial charge is 0.373 e. The first-order chi connectivity index (χ1) is 11.6. The third-order valence-electron chi connectivity index (χ3n) is 4.35. The first kappa shape index (κ1) is 16.2. The average molecular weight is 326 g/mol. The van der Waals surface area contributed by atoms with Gasteiger partial charge in [-0.2, -0.15) is 5.10 Å². The summed E-state index contributed by atoms with van der Waals surface area (Å²) in [5.41, 5.74) is 2.54. The zero-order valence-electron chi connectivity index (χ0n) is 14.1. The maximum absolute atomic E-state index is 12.7. The number of ketones is 1. The Bertz CT molecular complexity index is 753. The number of carbonyl (C=O) groups excluding carboxylic acids is 2. The summed E-state index contributed by atoms with van der Waals surface area (Å²) in [6.07, 6.45) is 4.56. The quantitative estimate of drug-likeness (QED) is 0.809. The Morgan fingerprint density at radius 3 is 2.54 bits per heavy atom. The molecule has 1 aliphatic rings. The van der Waals surface area contributed by atoms with Crippen molar-refractivity contribution in [1.29, 1.82) is 0 Å². The molecular formula is C18H22N4O2. The molecule has 0 saturated carbocycles. The van der Waals surface area contributed by atoms with Crippen molar-refractivity contribution in [2.24, 2.45) is 7.05 Å². The highest BCUT2D eigenvalue weighted by atomic mass is 16.2. The van der Waals surface area contributed by atoms with Gasteiger partial charge in [-0.1, -0.05) is 12.1 Å². The van der Waals surface area contributed by atoms with Gasteiger partial charge in [-0.3, -0.25) is 14.3 Å². The van der Waals surface area contributed by atoms with Crippen molar-refractivity contribution in [1.82, 2.24) is 9.78 Å². The molecule has 1 amide bonds. The van der Waals surface area contributed by atoms with Crippen molar-refractivity contribution in [2.75, 3.05) is 29.9 Å². The fraction of sp³-hybridized carbons (Fsp3) is 0.389. The summed E-state index contributed by atoms with van der Waals surface area (Å²) in [6, 6.07) is 7.92. The molecule has 2 heterocycles. The molecule has 1 aromatic heterocycles. The average Bonchev–Trinajstić information content (AvgIpc) is 2.95. The second-order valence-corrected chi connectivity index (χ2v) is 6.14. The van der Waals surface area contributed by atoms with Crippen LogP contribution in [0.5, 0.6) is 0 Å². The minimum absolute atomic E-state index is 0.00464. The van der Waals surface area contributed by atoms with E-state index in [1.54, 1.807) is 24.1 Å². The van der Waals surface area contributed by atoms with Crippen LogP contribution in [0, 0.1) is 0 Å². The standard InChI is InChI=1S/C18H22N4O2/c1-20-10-5-11-22(16-7-4-3-6-15(16)20)18(24)9-8-17(23)14-12-19-21(2)13-14/h3-4,6-7,12-13H,5,8-11H2,1-2H3. The number of carbonyl (C=O) groups is 2. The molecule has 0 unspecified atom stereocenters. The normalized spacial score (nSPS) is 14.2. The van der Waals surface area contributed by atoms with E-state index in [9.17, 15) is 9.59 Å². The number of hydrogen-bond donors (Lipinski definition) is 0. The van der Waals surface area contributed by atoms with Crippen molar-refractivity contribution >= 4 is 23.1 Å². The summed E-state index contributed by atoms with van der Waals surface area (Å²) < 4.78 is 1.59. The Balaban J connectivity index is 1.70. The van der Waals surface area contributed by atoms with E-state index in [4.69, 9.17) is 0 Å². The van der Waals surface area contributed by atoms with Crippen LogP contribution in [0.2, 0.25) is 0 Å². The molecule has 0 radical (unpaired) electrons. The minimum Gasteiger partial charge on any atom is -0.373 e. The van der Waals surface area contributed by atoms with Crippen molar-refractivity contribution in [3.63, 3.8) is 0 Å². The van der Waals surface area contributed by atoms with Crippen LogP contribution in [-0.4, -0.2) is 41.6 Å². The number of hydrogen-bond acceptors (Lipinski definition) is 4. The van der Waals surface area contributed by atoms with Crippen molar-refractivity contribution < 1.29 is 9.59 Å². The van der Waals surface area contributed by atoms with E-state index in [2.05, 4.69) is 10.00 Å². The lowest BCUT2D eigenvalue weighted by Crippen LogP contribution is -2.31. The second-order valence-electron chi connectivity index (χ2n) is 6.14. The van der Waals surface area contributed by atoms with Gasteiger partial charge >= 0.3 is 0 Å². The summed E-state index contributed by atoms with van der Waals surface area (Å²) in [5, 5.41) is 4.00. The molecule has 0 N–H and O–H groups in total. The van der Waals surface area contributed by atoms with Gasteiger partial charge in [0.1, 0.15) is 0 Å². The van der Waals surface area contributed by atoms with E-state index in [1.807, 2.05) is 36.2 Å². The van der Waals surface area contributed by atoms with E-state index in [0.717, 1.165) is 24.3 Å². The van der Waals surface area contributed by atoms with Gasteiger partial charge in [0, 0.05) is 46.2 Å². The maximum Gasteiger partial charge on any atom is 0.227 e. The predicted octanol–water partition coefficient (Wildman–Crippen LogP) is 2.26. The number of aromatic nitrogens is 2. The molecule has 0 atom stereocenters. The molecule has 1 aliphatic heterocycles. The number of nitrogens with zero attached hydrogens (tertiary/aromatic N) is 4. The molecule has 0 saturated heterocycles. The molecule has 6 nitrogen and oxygen atoms in total. The van der Waals surface area contributed by atoms with Gasteiger partial charge in [-0.25, -0.2) is 0 Å². The second kappa shape index (κ2) is 6.86. The highest BCUT2D eigenvalue weighted by molar-refractivity contribution is 6.01. The van der Waals surface area contributed by atoms with E-state index in [0.29, 0.717) is 12.1 Å². The Morgan fingerprint density at radius 2 is 1.83 bits per heavy atom. The Morgan fingerprint density at radius 1 is 1.08 bits per heavy atom. The lowest BCUT2D eigenvalue weighted by molar-refractivity contribution is -0.118. The fourth-order valence-electron chi connectivity index (χ4n) is 3.05. The van der Waals surface area contributed by atoms with Gasteiger partial charge in [-0.05, 0) is 18.6 Å². The molecule has 2 aromatic rings. The number of Topliss-reactive ketones (excluding diaryl/α,β-unsaturated/α-hetero) is 1. The van der Waals surface area contributed by atoms with Crippen LogP contribution in [0.1, 0.15) is 29.6 Å². The summed E-state index contributed by atoms with van der Waals surface area (Å²) >= 11 is 0. The van der Waals surface area contributed by atoms with E-state index >= 15 is 0 Å². The first-order valence-corrected chi connectivity index (χ1v) is 8.18. The lowest BCUT2D eigenvalue weighted by atomic mass is 10.1. The zero-order chi connectivity index (χ0) is 17.1. The van der Waals surface area contributed by atoms with E-state index in [-0.39, 0.29) is 24.5 Å². The number of benzene rings is 1. The SMILES string of the molecule is CN1CCCN(C(=O)CCC(=O)c2cnn(C)c2)c2ccccc21. The van der Waals surface area contributed by atoms with Crippen LogP contribution >= 0.6 is 0 Å². The van der Waals surface area contributed by atoms with E-state index in [1.165, 1.54) is 0 Å². The Hall–Kier alpha value is -2.63. The van der Waals surface area contributed by atoms with E-state index < -0.39 is 0 Å². The molecule has 0 bridgehead atoms. The highest BCUT2D eigenvalue weighted by Crippen LogP contribution is 2.31. The van der Waals surface area contributed by atoms with Gasteiger partial charge in [-0.15, -0.1) is 0 Å². The zero-order valence-corrected chi connectivity index (χ0v) is 14.1.